The summed E-state index contributed by atoms with van der Waals surface area (Å²) >= 11 is 5.24. The molecule has 0 radical (unpaired) electrons. The van der Waals surface area contributed by atoms with Gasteiger partial charge in [-0.3, -0.25) is 9.36 Å². The van der Waals surface area contributed by atoms with Gasteiger partial charge in [-0.25, -0.2) is 0 Å². The van der Waals surface area contributed by atoms with Gasteiger partial charge < -0.3 is 14.6 Å². The lowest BCUT2D eigenvalue weighted by Gasteiger charge is -2.23. The van der Waals surface area contributed by atoms with Gasteiger partial charge >= 0.3 is 0 Å². The molecule has 0 bridgehead atoms. The van der Waals surface area contributed by atoms with Gasteiger partial charge in [0.15, 0.2) is 5.58 Å². The van der Waals surface area contributed by atoms with Crippen LogP contribution in [0.1, 0.15) is 25.7 Å². The van der Waals surface area contributed by atoms with E-state index in [1.54, 1.807) is 4.90 Å². The minimum atomic E-state index is 0.0774. The van der Waals surface area contributed by atoms with Gasteiger partial charge in [-0.2, -0.15) is 0 Å². The van der Waals surface area contributed by atoms with Crippen LogP contribution in [0.25, 0.3) is 11.1 Å². The van der Waals surface area contributed by atoms with Gasteiger partial charge in [0.2, 0.25) is 5.91 Å². The number of likely N-dealkylation sites (tertiary alicyclic amines) is 1. The van der Waals surface area contributed by atoms with E-state index in [0.717, 1.165) is 24.2 Å². The fraction of sp³-hybridized carbons (Fsp3) is 0.529. The van der Waals surface area contributed by atoms with Gasteiger partial charge in [-0.15, -0.1) is 0 Å². The predicted octanol–water partition coefficient (Wildman–Crippen LogP) is 1.54. The van der Waals surface area contributed by atoms with Crippen LogP contribution >= 0.6 is 12.2 Å². The van der Waals surface area contributed by atoms with Crippen LogP contribution < -0.4 is 10.2 Å². The van der Waals surface area contributed by atoms with Crippen molar-refractivity contribution in [2.24, 2.45) is 0 Å². The molecule has 6 heteroatoms. The molecule has 0 saturated carbocycles. The Labute approximate surface area is 141 Å². The largest absolute Gasteiger partial charge is 0.429 e. The zero-order chi connectivity index (χ0) is 16.1. The summed E-state index contributed by atoms with van der Waals surface area (Å²) in [5.41, 5.74) is 1.72. The van der Waals surface area contributed by atoms with Gasteiger partial charge in [-0.1, -0.05) is 12.1 Å². The second-order valence-electron chi connectivity index (χ2n) is 6.15. The molecule has 1 amide bonds. The van der Waals surface area contributed by atoms with E-state index in [9.17, 15) is 4.79 Å². The van der Waals surface area contributed by atoms with E-state index in [1.807, 2.05) is 28.8 Å². The number of hydrogen-bond donors (Lipinski definition) is 2. The van der Waals surface area contributed by atoms with Crippen LogP contribution in [0.5, 0.6) is 0 Å². The molecule has 1 fully saturated rings. The summed E-state index contributed by atoms with van der Waals surface area (Å²) < 4.78 is 7.42. The summed E-state index contributed by atoms with van der Waals surface area (Å²) in [4.78, 5) is 14.1. The first kappa shape index (κ1) is 16.2. The highest BCUT2D eigenvalue weighted by molar-refractivity contribution is 7.71. The third kappa shape index (κ3) is 4.20. The number of carbonyl (C=O) groups is 1. The van der Waals surface area contributed by atoms with Crippen molar-refractivity contribution in [1.29, 1.82) is 0 Å². The predicted molar refractivity (Wildman–Crippen MR) is 92.1 cm³/mol. The van der Waals surface area contributed by atoms with E-state index < -0.39 is 0 Å². The van der Waals surface area contributed by atoms with Gasteiger partial charge in [0, 0.05) is 13.0 Å². The topological polar surface area (TPSA) is 51.6 Å². The molecule has 2 N–H and O–H groups in total. The first-order chi connectivity index (χ1) is 11.2. The monoisotopic (exact) mass is 334 g/mol. The number of nitrogens with one attached hydrogen (secondary N) is 2. The molecular weight excluding hydrogens is 310 g/mol. The molecule has 5 nitrogen and oxygen atoms in total. The van der Waals surface area contributed by atoms with Crippen LogP contribution in [-0.2, 0) is 11.3 Å². The summed E-state index contributed by atoms with van der Waals surface area (Å²) in [5.74, 6) is 0.0774. The van der Waals surface area contributed by atoms with Crippen LogP contribution in [0.3, 0.4) is 0 Å². The number of oxazole rings is 1. The Morgan fingerprint density at radius 2 is 2.04 bits per heavy atom. The number of aryl methyl sites for hydroxylation is 1. The summed E-state index contributed by atoms with van der Waals surface area (Å²) in [7, 11) is 0. The molecule has 1 aliphatic heterocycles. The number of benzene rings is 1. The maximum absolute atomic E-state index is 12.0. The molecule has 1 aromatic heterocycles. The Kier molecular flexibility index (Phi) is 5.46. The number of hydrogen-bond acceptors (Lipinski definition) is 3. The molecule has 0 atom stereocenters. The number of nitrogens with zero attached hydrogens (tertiary/aromatic N) is 1. The van der Waals surface area contributed by atoms with Crippen LogP contribution in [0.4, 0.5) is 0 Å². The van der Waals surface area contributed by atoms with E-state index in [-0.39, 0.29) is 5.91 Å². The Bertz CT molecular complexity index is 716. The van der Waals surface area contributed by atoms with Crippen molar-refractivity contribution in [2.45, 2.75) is 32.2 Å². The van der Waals surface area contributed by atoms with Crippen molar-refractivity contribution in [3.8, 4) is 0 Å². The lowest BCUT2D eigenvalue weighted by molar-refractivity contribution is -0.903. The number of para-hydroxylation sites is 2. The minimum Gasteiger partial charge on any atom is -0.429 e. The molecule has 1 aromatic carbocycles. The van der Waals surface area contributed by atoms with E-state index in [1.165, 1.54) is 32.4 Å². The van der Waals surface area contributed by atoms with Crippen molar-refractivity contribution in [2.75, 3.05) is 26.2 Å². The average molecular weight is 334 g/mol. The Morgan fingerprint density at radius 3 is 2.87 bits per heavy atom. The van der Waals surface area contributed by atoms with Crippen LogP contribution in [-0.4, -0.2) is 36.7 Å². The molecule has 0 aliphatic carbocycles. The van der Waals surface area contributed by atoms with Gasteiger partial charge in [0.05, 0.1) is 31.7 Å². The number of amides is 1. The molecule has 1 aliphatic rings. The summed E-state index contributed by atoms with van der Waals surface area (Å²) in [6.07, 6.45) is 4.41. The summed E-state index contributed by atoms with van der Waals surface area (Å²) in [5, 5.41) is 3.02. The lowest BCUT2D eigenvalue weighted by atomic mass is 10.1. The molecule has 124 valence electrons. The summed E-state index contributed by atoms with van der Waals surface area (Å²) in [6, 6.07) is 7.72. The highest BCUT2D eigenvalue weighted by Crippen LogP contribution is 2.17. The van der Waals surface area contributed by atoms with E-state index in [2.05, 4.69) is 5.32 Å². The highest BCUT2D eigenvalue weighted by Gasteiger charge is 2.13. The number of rotatable bonds is 6. The van der Waals surface area contributed by atoms with E-state index in [0.29, 0.717) is 17.8 Å². The SMILES string of the molecule is O=C(CCn1c(=S)oc2ccccc21)NCC[NH+]1CCCCC1. The van der Waals surface area contributed by atoms with Crippen LogP contribution in [0.2, 0.25) is 0 Å². The molecular formula is C17H24N3O2S+. The molecule has 0 unspecified atom stereocenters. The number of fused-ring (bicyclic) bond motifs is 1. The molecule has 0 spiro atoms. The molecule has 2 aromatic rings. The van der Waals surface area contributed by atoms with Crippen LogP contribution in [0.15, 0.2) is 28.7 Å². The molecule has 2 heterocycles. The minimum absolute atomic E-state index is 0.0774. The van der Waals surface area contributed by atoms with Crippen molar-refractivity contribution in [3.63, 3.8) is 0 Å². The fourth-order valence-electron chi connectivity index (χ4n) is 3.21. The maximum Gasteiger partial charge on any atom is 0.269 e. The standard InChI is InChI=1S/C17H23N3O2S/c21-16(18-9-13-19-10-4-1-5-11-19)8-12-20-14-6-2-3-7-15(14)22-17(20)23/h2-3,6-7H,1,4-5,8-13H2,(H,18,21)/p+1. The molecule has 1 saturated heterocycles. The Morgan fingerprint density at radius 1 is 1.26 bits per heavy atom. The normalized spacial score (nSPS) is 15.8. The third-order valence-corrected chi connectivity index (χ3v) is 4.80. The first-order valence-electron chi connectivity index (χ1n) is 8.43. The average Bonchev–Trinajstić information content (AvgIpc) is 2.89. The summed E-state index contributed by atoms with van der Waals surface area (Å²) in [6.45, 7) is 4.82. The Hall–Kier alpha value is -1.66. The number of quaternary nitrogens is 1. The fourth-order valence-corrected chi connectivity index (χ4v) is 3.49. The molecule has 3 rings (SSSR count). The van der Waals surface area contributed by atoms with Gasteiger partial charge in [-0.05, 0) is 43.6 Å². The van der Waals surface area contributed by atoms with Crippen molar-refractivity contribution >= 4 is 29.2 Å². The number of aromatic nitrogens is 1. The van der Waals surface area contributed by atoms with Crippen molar-refractivity contribution in [3.05, 3.63) is 29.1 Å². The Balaban J connectivity index is 1.46. The second kappa shape index (κ2) is 7.75. The van der Waals surface area contributed by atoms with E-state index in [4.69, 9.17) is 16.6 Å². The quantitative estimate of drug-likeness (QED) is 0.788. The number of piperidine rings is 1. The van der Waals surface area contributed by atoms with Crippen LogP contribution in [0, 0.1) is 4.84 Å². The second-order valence-corrected chi connectivity index (χ2v) is 6.50. The van der Waals surface area contributed by atoms with Crippen molar-refractivity contribution < 1.29 is 14.1 Å². The highest BCUT2D eigenvalue weighted by atomic mass is 32.1. The number of carbonyl (C=O) groups excluding carboxylic acids is 1. The zero-order valence-electron chi connectivity index (χ0n) is 13.3. The third-order valence-electron chi connectivity index (χ3n) is 4.50. The zero-order valence-corrected chi connectivity index (χ0v) is 14.2. The van der Waals surface area contributed by atoms with Gasteiger partial charge in [0.25, 0.3) is 4.84 Å². The van der Waals surface area contributed by atoms with E-state index >= 15 is 0 Å². The smallest absolute Gasteiger partial charge is 0.269 e. The lowest BCUT2D eigenvalue weighted by Crippen LogP contribution is -3.13. The first-order valence-corrected chi connectivity index (χ1v) is 8.83. The van der Waals surface area contributed by atoms with Crippen molar-refractivity contribution in [1.82, 2.24) is 9.88 Å². The molecule has 23 heavy (non-hydrogen) atoms. The maximum atomic E-state index is 12.0. The van der Waals surface area contributed by atoms with Gasteiger partial charge in [0.1, 0.15) is 0 Å².